The van der Waals surface area contributed by atoms with E-state index in [0.29, 0.717) is 31.1 Å². The minimum absolute atomic E-state index is 0.0573. The third-order valence-corrected chi connectivity index (χ3v) is 4.33. The van der Waals surface area contributed by atoms with Crippen molar-refractivity contribution in [2.45, 2.75) is 51.9 Å². The van der Waals surface area contributed by atoms with Gasteiger partial charge in [0.1, 0.15) is 6.10 Å². The van der Waals surface area contributed by atoms with Crippen LogP contribution in [0.5, 0.6) is 5.88 Å². The molecule has 0 amide bonds. The predicted molar refractivity (Wildman–Crippen MR) is 88.4 cm³/mol. The van der Waals surface area contributed by atoms with Gasteiger partial charge in [0.2, 0.25) is 5.88 Å². The van der Waals surface area contributed by atoms with Crippen molar-refractivity contribution < 1.29 is 14.2 Å². The Kier molecular flexibility index (Phi) is 4.91. The highest BCUT2D eigenvalue weighted by Crippen LogP contribution is 2.31. The average Bonchev–Trinajstić information content (AvgIpc) is 2.99. The number of aromatic nitrogens is 2. The van der Waals surface area contributed by atoms with Gasteiger partial charge in [-0.05, 0) is 23.8 Å². The van der Waals surface area contributed by atoms with Crippen LogP contribution in [0.3, 0.4) is 0 Å². The number of nitrogens with one attached hydrogen (secondary N) is 2. The molecule has 7 nitrogen and oxygen atoms in total. The summed E-state index contributed by atoms with van der Waals surface area (Å²) in [5, 5.41) is 0. The maximum absolute atomic E-state index is 12.1. The highest BCUT2D eigenvalue weighted by Gasteiger charge is 2.30. The molecule has 2 atom stereocenters. The van der Waals surface area contributed by atoms with E-state index in [1.165, 1.54) is 0 Å². The van der Waals surface area contributed by atoms with Crippen molar-refractivity contribution in [3.05, 3.63) is 38.1 Å². The van der Waals surface area contributed by atoms with Crippen molar-refractivity contribution in [3.8, 4) is 5.88 Å². The van der Waals surface area contributed by atoms with Gasteiger partial charge in [0.05, 0.1) is 18.8 Å². The van der Waals surface area contributed by atoms with E-state index in [4.69, 9.17) is 14.2 Å². The van der Waals surface area contributed by atoms with E-state index in [2.05, 4.69) is 23.0 Å². The van der Waals surface area contributed by atoms with Crippen molar-refractivity contribution >= 4 is 0 Å². The topological polar surface area (TPSA) is 93.4 Å². The molecule has 3 rings (SSSR count). The van der Waals surface area contributed by atoms with Gasteiger partial charge in [-0.2, -0.15) is 0 Å². The highest BCUT2D eigenvalue weighted by atomic mass is 16.7. The number of H-pyrrole nitrogens is 2. The SMILES string of the molecule is CC1C=C(C2OCCO2)CC(Oc2[nH]c(=O)[nH]c(=O)c2C(C)C)C1. The third-order valence-electron chi connectivity index (χ3n) is 4.33. The van der Waals surface area contributed by atoms with Gasteiger partial charge >= 0.3 is 5.69 Å². The summed E-state index contributed by atoms with van der Waals surface area (Å²) in [6.45, 7) is 7.09. The Morgan fingerprint density at radius 1 is 1.21 bits per heavy atom. The molecule has 1 aliphatic heterocycles. The number of rotatable bonds is 4. The first-order valence-corrected chi connectivity index (χ1v) is 8.41. The third kappa shape index (κ3) is 3.62. The van der Waals surface area contributed by atoms with Gasteiger partial charge in [-0.3, -0.25) is 14.8 Å². The van der Waals surface area contributed by atoms with Crippen molar-refractivity contribution in [3.63, 3.8) is 0 Å². The molecule has 2 heterocycles. The summed E-state index contributed by atoms with van der Waals surface area (Å²) in [5.41, 5.74) is 0.577. The van der Waals surface area contributed by atoms with E-state index < -0.39 is 11.2 Å². The monoisotopic (exact) mass is 336 g/mol. The fourth-order valence-corrected chi connectivity index (χ4v) is 3.36. The summed E-state index contributed by atoms with van der Waals surface area (Å²) in [6, 6.07) is 0. The summed E-state index contributed by atoms with van der Waals surface area (Å²) >= 11 is 0. The van der Waals surface area contributed by atoms with Crippen molar-refractivity contribution in [1.29, 1.82) is 0 Å². The first-order valence-electron chi connectivity index (χ1n) is 8.41. The second-order valence-corrected chi connectivity index (χ2v) is 6.78. The van der Waals surface area contributed by atoms with Crippen LogP contribution in [0.15, 0.2) is 21.2 Å². The van der Waals surface area contributed by atoms with Gasteiger partial charge in [0, 0.05) is 6.42 Å². The molecule has 0 saturated carbocycles. The van der Waals surface area contributed by atoms with Gasteiger partial charge < -0.3 is 14.2 Å². The molecule has 132 valence electrons. The van der Waals surface area contributed by atoms with Crippen LogP contribution in [0.1, 0.15) is 45.1 Å². The smallest absolute Gasteiger partial charge is 0.328 e. The highest BCUT2D eigenvalue weighted by molar-refractivity contribution is 5.26. The summed E-state index contributed by atoms with van der Waals surface area (Å²) < 4.78 is 17.2. The molecule has 0 spiro atoms. The fourth-order valence-electron chi connectivity index (χ4n) is 3.36. The quantitative estimate of drug-likeness (QED) is 0.816. The van der Waals surface area contributed by atoms with Crippen LogP contribution < -0.4 is 16.0 Å². The van der Waals surface area contributed by atoms with E-state index in [-0.39, 0.29) is 24.2 Å². The Hall–Kier alpha value is -1.86. The van der Waals surface area contributed by atoms with Gasteiger partial charge in [-0.15, -0.1) is 0 Å². The second-order valence-electron chi connectivity index (χ2n) is 6.78. The Morgan fingerprint density at radius 3 is 2.58 bits per heavy atom. The molecular weight excluding hydrogens is 312 g/mol. The van der Waals surface area contributed by atoms with E-state index in [9.17, 15) is 9.59 Å². The first kappa shape index (κ1) is 17.0. The maximum Gasteiger partial charge on any atom is 0.328 e. The van der Waals surface area contributed by atoms with Crippen LogP contribution in [0.25, 0.3) is 0 Å². The molecular formula is C17H24N2O5. The number of ether oxygens (including phenoxy) is 3. The Labute approximate surface area is 140 Å². The number of allylic oxidation sites excluding steroid dienone is 1. The molecule has 2 aliphatic rings. The number of aromatic amines is 2. The van der Waals surface area contributed by atoms with Gasteiger partial charge in [-0.1, -0.05) is 26.8 Å². The van der Waals surface area contributed by atoms with E-state index >= 15 is 0 Å². The molecule has 2 N–H and O–H groups in total. The van der Waals surface area contributed by atoms with Crippen molar-refractivity contribution in [1.82, 2.24) is 9.97 Å². The Balaban J connectivity index is 1.83. The molecule has 1 saturated heterocycles. The summed E-state index contributed by atoms with van der Waals surface area (Å²) in [6.07, 6.45) is 3.19. The van der Waals surface area contributed by atoms with Gasteiger partial charge in [-0.25, -0.2) is 4.79 Å². The maximum atomic E-state index is 12.1. The largest absolute Gasteiger partial charge is 0.475 e. The molecule has 1 aromatic rings. The predicted octanol–water partition coefficient (Wildman–Crippen LogP) is 1.66. The summed E-state index contributed by atoms with van der Waals surface area (Å²) in [5.74, 6) is 0.520. The zero-order valence-electron chi connectivity index (χ0n) is 14.3. The average molecular weight is 336 g/mol. The molecule has 1 aromatic heterocycles. The van der Waals surface area contributed by atoms with E-state index in [1.807, 2.05) is 13.8 Å². The molecule has 2 unspecified atom stereocenters. The van der Waals surface area contributed by atoms with Crippen molar-refractivity contribution in [2.24, 2.45) is 5.92 Å². The molecule has 7 heteroatoms. The van der Waals surface area contributed by atoms with Crippen LogP contribution in [0.4, 0.5) is 0 Å². The molecule has 1 fully saturated rings. The van der Waals surface area contributed by atoms with Crippen LogP contribution in [0.2, 0.25) is 0 Å². The zero-order chi connectivity index (χ0) is 17.3. The second kappa shape index (κ2) is 6.94. The standard InChI is InChI=1S/C17H24N2O5/c1-9(2)13-14(20)18-17(21)19-15(13)24-12-7-10(3)6-11(8-12)16-22-4-5-23-16/h6,9-10,12,16H,4-5,7-8H2,1-3H3,(H2,18,19,20,21). The first-order chi connectivity index (χ1) is 11.4. The van der Waals surface area contributed by atoms with Gasteiger partial charge in [0.25, 0.3) is 5.56 Å². The van der Waals surface area contributed by atoms with E-state index in [0.717, 1.165) is 12.0 Å². The molecule has 0 bridgehead atoms. The zero-order valence-corrected chi connectivity index (χ0v) is 14.3. The molecule has 1 aliphatic carbocycles. The lowest BCUT2D eigenvalue weighted by Crippen LogP contribution is -2.32. The van der Waals surface area contributed by atoms with Gasteiger partial charge in [0.15, 0.2) is 6.29 Å². The minimum atomic E-state index is -0.554. The lowest BCUT2D eigenvalue weighted by atomic mass is 9.89. The summed E-state index contributed by atoms with van der Waals surface area (Å²) in [4.78, 5) is 28.6. The van der Waals surface area contributed by atoms with E-state index in [1.54, 1.807) is 0 Å². The normalized spacial score (nSPS) is 25.1. The van der Waals surface area contributed by atoms with Crippen LogP contribution in [-0.4, -0.2) is 35.6 Å². The molecule has 24 heavy (non-hydrogen) atoms. The summed E-state index contributed by atoms with van der Waals surface area (Å²) in [7, 11) is 0. The Morgan fingerprint density at radius 2 is 1.92 bits per heavy atom. The number of hydrogen-bond donors (Lipinski definition) is 2. The minimum Gasteiger partial charge on any atom is -0.475 e. The number of hydrogen-bond acceptors (Lipinski definition) is 5. The fraction of sp³-hybridized carbons (Fsp3) is 0.647. The van der Waals surface area contributed by atoms with Crippen LogP contribution >= 0.6 is 0 Å². The lowest BCUT2D eigenvalue weighted by molar-refractivity contribution is -0.0198. The Bertz CT molecular complexity index is 727. The van der Waals surface area contributed by atoms with Crippen molar-refractivity contribution in [2.75, 3.05) is 13.2 Å². The van der Waals surface area contributed by atoms with Crippen LogP contribution in [-0.2, 0) is 9.47 Å². The molecule has 0 radical (unpaired) electrons. The lowest BCUT2D eigenvalue weighted by Gasteiger charge is -2.29. The molecule has 0 aromatic carbocycles. The van der Waals surface area contributed by atoms with Crippen LogP contribution in [0, 0.1) is 5.92 Å².